The van der Waals surface area contributed by atoms with Crippen molar-refractivity contribution in [1.29, 1.82) is 0 Å². The molecule has 0 spiro atoms. The fourth-order valence-corrected chi connectivity index (χ4v) is 2.37. The van der Waals surface area contributed by atoms with Crippen molar-refractivity contribution in [1.82, 2.24) is 5.32 Å². The summed E-state index contributed by atoms with van der Waals surface area (Å²) in [5, 5.41) is 25.0. The van der Waals surface area contributed by atoms with Gasteiger partial charge in [-0.1, -0.05) is 18.2 Å². The van der Waals surface area contributed by atoms with Gasteiger partial charge in [-0.25, -0.2) is 4.79 Å². The second kappa shape index (κ2) is 7.49. The molecule has 0 saturated carbocycles. The highest BCUT2D eigenvalue weighted by Gasteiger charge is 2.19. The molecule has 0 aliphatic carbocycles. The Morgan fingerprint density at radius 1 is 1.12 bits per heavy atom. The monoisotopic (exact) mass is 359 g/mol. The van der Waals surface area contributed by atoms with Crippen LogP contribution in [0.3, 0.4) is 0 Å². The van der Waals surface area contributed by atoms with Gasteiger partial charge < -0.3 is 10.4 Å². The fraction of sp³-hybridized carbons (Fsp3) is 0.0625. The zero-order valence-electron chi connectivity index (χ0n) is 13.0. The number of hydrogen-bond acceptors (Lipinski definition) is 5. The Bertz CT molecular complexity index is 882. The molecule has 2 rings (SSSR count). The lowest BCUT2D eigenvalue weighted by molar-refractivity contribution is -0.385. The summed E-state index contributed by atoms with van der Waals surface area (Å²) in [6.07, 6.45) is 0. The van der Waals surface area contributed by atoms with Crippen LogP contribution in [0.4, 0.5) is 11.4 Å². The third-order valence-electron chi connectivity index (χ3n) is 3.38. The van der Waals surface area contributed by atoms with Crippen LogP contribution in [0.1, 0.15) is 26.3 Å². The van der Waals surface area contributed by atoms with Gasteiger partial charge in [0, 0.05) is 17.2 Å². The highest BCUT2D eigenvalue weighted by Crippen LogP contribution is 2.21. The molecule has 0 saturated heterocycles. The van der Waals surface area contributed by atoms with E-state index >= 15 is 0 Å². The SMILES string of the molecule is Cc1c(C(=O)NC(=S)Nc2ccccc2C(=O)O)cccc1[N+](=O)[O-]. The molecule has 2 aromatic rings. The number of nitro benzene ring substituents is 1. The van der Waals surface area contributed by atoms with Gasteiger partial charge in [0.1, 0.15) is 0 Å². The van der Waals surface area contributed by atoms with E-state index in [1.165, 1.54) is 37.3 Å². The largest absolute Gasteiger partial charge is 0.478 e. The van der Waals surface area contributed by atoms with Crippen molar-refractivity contribution in [3.8, 4) is 0 Å². The number of benzene rings is 2. The number of thiocarbonyl (C=S) groups is 1. The lowest BCUT2D eigenvalue weighted by Crippen LogP contribution is -2.35. The van der Waals surface area contributed by atoms with Crippen molar-refractivity contribution in [2.75, 3.05) is 5.32 Å². The zero-order valence-corrected chi connectivity index (χ0v) is 13.8. The molecule has 0 aliphatic rings. The van der Waals surface area contributed by atoms with Crippen LogP contribution in [0, 0.1) is 17.0 Å². The standard InChI is InChI=1S/C16H13N3O5S/c1-9-10(6-4-8-13(9)19(23)24)14(20)18-16(25)17-12-7-3-2-5-11(12)15(21)22/h2-8H,1H3,(H,21,22)(H2,17,18,20,25). The Balaban J connectivity index is 2.17. The number of nitrogens with zero attached hydrogens (tertiary/aromatic N) is 1. The van der Waals surface area contributed by atoms with Crippen LogP contribution in [0.25, 0.3) is 0 Å². The lowest BCUT2D eigenvalue weighted by atomic mass is 10.1. The second-order valence-corrected chi connectivity index (χ2v) is 5.37. The van der Waals surface area contributed by atoms with E-state index in [9.17, 15) is 19.7 Å². The van der Waals surface area contributed by atoms with Crippen molar-refractivity contribution in [2.24, 2.45) is 0 Å². The number of para-hydroxylation sites is 1. The molecule has 0 atom stereocenters. The van der Waals surface area contributed by atoms with Crippen molar-refractivity contribution >= 4 is 40.6 Å². The Morgan fingerprint density at radius 2 is 1.76 bits per heavy atom. The summed E-state index contributed by atoms with van der Waals surface area (Å²) in [5.41, 5.74) is 0.341. The summed E-state index contributed by atoms with van der Waals surface area (Å²) >= 11 is 5.02. The predicted octanol–water partition coefficient (Wildman–Crippen LogP) is 2.73. The minimum Gasteiger partial charge on any atom is -0.478 e. The summed E-state index contributed by atoms with van der Waals surface area (Å²) in [6.45, 7) is 1.46. The quantitative estimate of drug-likeness (QED) is 0.436. The average Bonchev–Trinajstić information content (AvgIpc) is 2.54. The van der Waals surface area contributed by atoms with Crippen LogP contribution in [-0.4, -0.2) is 27.0 Å². The van der Waals surface area contributed by atoms with Crippen LogP contribution in [0.2, 0.25) is 0 Å². The van der Waals surface area contributed by atoms with Gasteiger partial charge in [0.25, 0.3) is 11.6 Å². The number of anilines is 1. The number of nitrogens with one attached hydrogen (secondary N) is 2. The number of nitro groups is 1. The maximum atomic E-state index is 12.3. The average molecular weight is 359 g/mol. The molecule has 0 aromatic heterocycles. The van der Waals surface area contributed by atoms with E-state index in [2.05, 4.69) is 10.6 Å². The van der Waals surface area contributed by atoms with E-state index in [-0.39, 0.29) is 33.2 Å². The molecule has 3 N–H and O–H groups in total. The van der Waals surface area contributed by atoms with E-state index in [4.69, 9.17) is 17.3 Å². The van der Waals surface area contributed by atoms with Crippen LogP contribution in [0.5, 0.6) is 0 Å². The van der Waals surface area contributed by atoms with Crippen LogP contribution < -0.4 is 10.6 Å². The van der Waals surface area contributed by atoms with Gasteiger partial charge in [-0.2, -0.15) is 0 Å². The number of carbonyl (C=O) groups excluding carboxylic acids is 1. The lowest BCUT2D eigenvalue weighted by Gasteiger charge is -2.12. The molecule has 0 fully saturated rings. The number of rotatable bonds is 4. The van der Waals surface area contributed by atoms with Gasteiger partial charge in [0.2, 0.25) is 0 Å². The van der Waals surface area contributed by atoms with E-state index in [1.54, 1.807) is 12.1 Å². The molecule has 0 radical (unpaired) electrons. The molecular weight excluding hydrogens is 346 g/mol. The highest BCUT2D eigenvalue weighted by atomic mass is 32.1. The van der Waals surface area contributed by atoms with Gasteiger partial charge in [0.05, 0.1) is 16.2 Å². The molecule has 9 heteroatoms. The van der Waals surface area contributed by atoms with E-state index in [0.717, 1.165) is 0 Å². The van der Waals surface area contributed by atoms with Crippen LogP contribution in [0.15, 0.2) is 42.5 Å². The molecular formula is C16H13N3O5S. The van der Waals surface area contributed by atoms with Crippen molar-refractivity contribution < 1.29 is 19.6 Å². The van der Waals surface area contributed by atoms with Gasteiger partial charge in [-0.15, -0.1) is 0 Å². The Morgan fingerprint density at radius 3 is 2.40 bits per heavy atom. The minimum absolute atomic E-state index is 0.00868. The van der Waals surface area contributed by atoms with Gasteiger partial charge in [-0.05, 0) is 37.3 Å². The zero-order chi connectivity index (χ0) is 18.6. The molecule has 0 bridgehead atoms. The third-order valence-corrected chi connectivity index (χ3v) is 3.58. The molecule has 128 valence electrons. The Kier molecular flexibility index (Phi) is 5.40. The van der Waals surface area contributed by atoms with Crippen molar-refractivity contribution in [3.63, 3.8) is 0 Å². The highest BCUT2D eigenvalue weighted by molar-refractivity contribution is 7.80. The first kappa shape index (κ1) is 18.0. The molecule has 0 aliphatic heterocycles. The van der Waals surface area contributed by atoms with Gasteiger partial charge in [0.15, 0.2) is 5.11 Å². The van der Waals surface area contributed by atoms with Crippen molar-refractivity contribution in [2.45, 2.75) is 6.92 Å². The normalized spacial score (nSPS) is 9.96. The Hall–Kier alpha value is -3.33. The molecule has 8 nitrogen and oxygen atoms in total. The molecule has 0 heterocycles. The second-order valence-electron chi connectivity index (χ2n) is 4.97. The number of carboxylic acids is 1. The summed E-state index contributed by atoms with van der Waals surface area (Å²) < 4.78 is 0. The predicted molar refractivity (Wildman–Crippen MR) is 94.9 cm³/mol. The summed E-state index contributed by atoms with van der Waals surface area (Å²) in [7, 11) is 0. The number of carbonyl (C=O) groups is 2. The molecule has 0 unspecified atom stereocenters. The number of aromatic carboxylic acids is 1. The maximum Gasteiger partial charge on any atom is 0.337 e. The molecule has 25 heavy (non-hydrogen) atoms. The first-order valence-corrected chi connectivity index (χ1v) is 7.40. The number of amides is 1. The number of hydrogen-bond donors (Lipinski definition) is 3. The summed E-state index contributed by atoms with van der Waals surface area (Å²) in [6, 6.07) is 10.2. The molecule has 1 amide bonds. The van der Waals surface area contributed by atoms with Gasteiger partial charge in [-0.3, -0.25) is 20.2 Å². The Labute approximate surface area is 147 Å². The molecule has 2 aromatic carbocycles. The van der Waals surface area contributed by atoms with Gasteiger partial charge >= 0.3 is 5.97 Å². The van der Waals surface area contributed by atoms with Crippen LogP contribution in [-0.2, 0) is 0 Å². The van der Waals surface area contributed by atoms with Crippen molar-refractivity contribution in [3.05, 3.63) is 69.3 Å². The summed E-state index contributed by atoms with van der Waals surface area (Å²) in [4.78, 5) is 33.8. The first-order valence-electron chi connectivity index (χ1n) is 7.00. The smallest absolute Gasteiger partial charge is 0.337 e. The first-order chi connectivity index (χ1) is 11.8. The van der Waals surface area contributed by atoms with Crippen LogP contribution >= 0.6 is 12.2 Å². The van der Waals surface area contributed by atoms with E-state index < -0.39 is 16.8 Å². The maximum absolute atomic E-state index is 12.3. The number of carboxylic acid groups (broad SMARTS) is 1. The third kappa shape index (κ3) is 4.15. The minimum atomic E-state index is -1.15. The van der Waals surface area contributed by atoms with E-state index in [1.807, 2.05) is 0 Å². The topological polar surface area (TPSA) is 122 Å². The fourth-order valence-electron chi connectivity index (χ4n) is 2.17. The van der Waals surface area contributed by atoms with E-state index in [0.29, 0.717) is 0 Å². The summed E-state index contributed by atoms with van der Waals surface area (Å²) in [5.74, 6) is -1.78.